The maximum absolute atomic E-state index is 12.9. The third kappa shape index (κ3) is 1.96. The zero-order chi connectivity index (χ0) is 14.4. The fourth-order valence-corrected chi connectivity index (χ4v) is 4.08. The van der Waals surface area contributed by atoms with Crippen LogP contribution in [-0.2, 0) is 6.42 Å². The van der Waals surface area contributed by atoms with Gasteiger partial charge in [-0.1, -0.05) is 36.4 Å². The average molecular weight is 293 g/mol. The Kier molecular flexibility index (Phi) is 2.82. The van der Waals surface area contributed by atoms with Gasteiger partial charge in [-0.05, 0) is 42.5 Å². The average Bonchev–Trinajstić information content (AvgIpc) is 3.06. The quantitative estimate of drug-likeness (QED) is 0.647. The van der Waals surface area contributed by atoms with Crippen molar-refractivity contribution in [2.75, 3.05) is 4.90 Å². The van der Waals surface area contributed by atoms with Crippen molar-refractivity contribution in [2.45, 2.75) is 19.4 Å². The Labute approximate surface area is 127 Å². The van der Waals surface area contributed by atoms with Crippen molar-refractivity contribution in [1.29, 1.82) is 0 Å². The second kappa shape index (κ2) is 4.71. The molecular formula is C18H15NOS. The molecule has 0 saturated heterocycles. The minimum absolute atomic E-state index is 0.119. The number of anilines is 1. The molecule has 0 fully saturated rings. The molecule has 2 heterocycles. The summed E-state index contributed by atoms with van der Waals surface area (Å²) in [5.41, 5.74) is 2.33. The monoisotopic (exact) mass is 293 g/mol. The minimum atomic E-state index is 0.119. The lowest BCUT2D eigenvalue weighted by Gasteiger charge is -2.21. The van der Waals surface area contributed by atoms with Crippen LogP contribution in [0.15, 0.2) is 54.6 Å². The highest BCUT2D eigenvalue weighted by molar-refractivity contribution is 7.20. The van der Waals surface area contributed by atoms with Crippen molar-refractivity contribution in [3.8, 4) is 0 Å². The molecule has 104 valence electrons. The standard InChI is InChI=1S/C18H15NOS/c1-12-10-13-6-2-4-8-15(13)19(12)18(20)17-11-14-7-3-5-9-16(14)21-17/h2-9,11-12H,10H2,1H3/t12-/m0/s1. The van der Waals surface area contributed by atoms with E-state index in [1.165, 1.54) is 10.3 Å². The van der Waals surface area contributed by atoms with Gasteiger partial charge in [0, 0.05) is 16.4 Å². The summed E-state index contributed by atoms with van der Waals surface area (Å²) < 4.78 is 1.17. The van der Waals surface area contributed by atoms with E-state index in [-0.39, 0.29) is 11.9 Å². The molecule has 1 aliphatic rings. The Hall–Kier alpha value is -2.13. The molecule has 3 aromatic rings. The van der Waals surface area contributed by atoms with Crippen molar-refractivity contribution in [1.82, 2.24) is 0 Å². The van der Waals surface area contributed by atoms with Gasteiger partial charge in [0.15, 0.2) is 0 Å². The van der Waals surface area contributed by atoms with Crippen LogP contribution >= 0.6 is 11.3 Å². The van der Waals surface area contributed by atoms with Crippen LogP contribution in [0.3, 0.4) is 0 Å². The number of fused-ring (bicyclic) bond motifs is 2. The smallest absolute Gasteiger partial charge is 0.268 e. The van der Waals surface area contributed by atoms with Gasteiger partial charge in [-0.2, -0.15) is 0 Å². The Bertz CT molecular complexity index is 803. The molecule has 0 aliphatic carbocycles. The lowest BCUT2D eigenvalue weighted by molar-refractivity contribution is 0.0985. The normalized spacial score (nSPS) is 17.2. The first-order chi connectivity index (χ1) is 10.2. The van der Waals surface area contributed by atoms with E-state index in [0.29, 0.717) is 0 Å². The molecule has 0 unspecified atom stereocenters. The third-order valence-corrected chi connectivity index (χ3v) is 5.17. The summed E-state index contributed by atoms with van der Waals surface area (Å²) in [5.74, 6) is 0.119. The number of para-hydroxylation sites is 1. The van der Waals surface area contributed by atoms with Crippen LogP contribution in [0.1, 0.15) is 22.2 Å². The van der Waals surface area contributed by atoms with E-state index in [1.807, 2.05) is 41.3 Å². The number of nitrogens with zero attached hydrogens (tertiary/aromatic N) is 1. The first-order valence-electron chi connectivity index (χ1n) is 7.14. The molecule has 2 aromatic carbocycles. The number of amides is 1. The molecule has 0 saturated carbocycles. The second-order valence-electron chi connectivity index (χ2n) is 5.51. The molecule has 4 rings (SSSR count). The number of thiophene rings is 1. The molecule has 0 radical (unpaired) electrons. The predicted molar refractivity (Wildman–Crippen MR) is 88.2 cm³/mol. The van der Waals surface area contributed by atoms with Gasteiger partial charge in [-0.15, -0.1) is 11.3 Å². The molecule has 2 nitrogen and oxygen atoms in total. The highest BCUT2D eigenvalue weighted by Crippen LogP contribution is 2.35. The Morgan fingerprint density at radius 1 is 1.14 bits per heavy atom. The number of rotatable bonds is 1. The highest BCUT2D eigenvalue weighted by atomic mass is 32.1. The Balaban J connectivity index is 1.77. The van der Waals surface area contributed by atoms with Crippen LogP contribution in [0.2, 0.25) is 0 Å². The van der Waals surface area contributed by atoms with E-state index in [9.17, 15) is 4.79 Å². The van der Waals surface area contributed by atoms with E-state index in [0.717, 1.165) is 22.4 Å². The van der Waals surface area contributed by atoms with Crippen LogP contribution in [0.25, 0.3) is 10.1 Å². The van der Waals surface area contributed by atoms with E-state index in [2.05, 4.69) is 25.1 Å². The summed E-state index contributed by atoms with van der Waals surface area (Å²) in [6, 6.07) is 18.6. The van der Waals surface area contributed by atoms with Gasteiger partial charge < -0.3 is 4.90 Å². The molecule has 1 aliphatic heterocycles. The van der Waals surface area contributed by atoms with Crippen LogP contribution in [0.4, 0.5) is 5.69 Å². The molecule has 21 heavy (non-hydrogen) atoms. The van der Waals surface area contributed by atoms with Crippen molar-refractivity contribution in [2.24, 2.45) is 0 Å². The number of hydrogen-bond acceptors (Lipinski definition) is 2. The summed E-state index contributed by atoms with van der Waals surface area (Å²) in [5, 5.41) is 1.14. The molecule has 0 N–H and O–H groups in total. The lowest BCUT2D eigenvalue weighted by atomic mass is 10.1. The molecular weight excluding hydrogens is 278 g/mol. The molecule has 1 amide bonds. The molecule has 3 heteroatoms. The lowest BCUT2D eigenvalue weighted by Crippen LogP contribution is -2.35. The van der Waals surface area contributed by atoms with Gasteiger partial charge in [0.05, 0.1) is 4.88 Å². The summed E-state index contributed by atoms with van der Waals surface area (Å²) in [6.07, 6.45) is 0.937. The van der Waals surface area contributed by atoms with Crippen molar-refractivity contribution in [3.05, 3.63) is 65.0 Å². The van der Waals surface area contributed by atoms with E-state index in [4.69, 9.17) is 0 Å². The summed E-state index contributed by atoms with van der Waals surface area (Å²) in [6.45, 7) is 2.12. The summed E-state index contributed by atoms with van der Waals surface area (Å²) >= 11 is 1.58. The maximum atomic E-state index is 12.9. The van der Waals surface area contributed by atoms with Crippen molar-refractivity contribution in [3.63, 3.8) is 0 Å². The summed E-state index contributed by atoms with van der Waals surface area (Å²) in [7, 11) is 0. The molecule has 0 spiro atoms. The zero-order valence-electron chi connectivity index (χ0n) is 11.7. The Morgan fingerprint density at radius 2 is 1.90 bits per heavy atom. The zero-order valence-corrected chi connectivity index (χ0v) is 12.6. The van der Waals surface area contributed by atoms with Crippen molar-refractivity contribution < 1.29 is 4.79 Å². The van der Waals surface area contributed by atoms with E-state index in [1.54, 1.807) is 11.3 Å². The Morgan fingerprint density at radius 3 is 2.76 bits per heavy atom. The fourth-order valence-electron chi connectivity index (χ4n) is 3.08. The highest BCUT2D eigenvalue weighted by Gasteiger charge is 2.31. The van der Waals surface area contributed by atoms with Gasteiger partial charge in [-0.25, -0.2) is 0 Å². The van der Waals surface area contributed by atoms with Gasteiger partial charge in [-0.3, -0.25) is 4.79 Å². The SMILES string of the molecule is C[C@H]1Cc2ccccc2N1C(=O)c1cc2ccccc2s1. The topological polar surface area (TPSA) is 20.3 Å². The number of carbonyl (C=O) groups excluding carboxylic acids is 1. The van der Waals surface area contributed by atoms with Gasteiger partial charge >= 0.3 is 0 Å². The van der Waals surface area contributed by atoms with E-state index >= 15 is 0 Å². The third-order valence-electron chi connectivity index (χ3n) is 4.06. The molecule has 1 atom stereocenters. The largest absolute Gasteiger partial charge is 0.304 e. The van der Waals surface area contributed by atoms with Gasteiger partial charge in [0.1, 0.15) is 0 Å². The maximum Gasteiger partial charge on any atom is 0.268 e. The molecule has 1 aromatic heterocycles. The van der Waals surface area contributed by atoms with Crippen LogP contribution in [0.5, 0.6) is 0 Å². The van der Waals surface area contributed by atoms with E-state index < -0.39 is 0 Å². The number of benzene rings is 2. The van der Waals surface area contributed by atoms with Gasteiger partial charge in [0.25, 0.3) is 5.91 Å². The van der Waals surface area contributed by atoms with Crippen molar-refractivity contribution >= 4 is 33.0 Å². The van der Waals surface area contributed by atoms with Crippen LogP contribution in [0, 0.1) is 0 Å². The minimum Gasteiger partial charge on any atom is -0.304 e. The number of hydrogen-bond donors (Lipinski definition) is 0. The molecule has 0 bridgehead atoms. The fraction of sp³-hybridized carbons (Fsp3) is 0.167. The van der Waals surface area contributed by atoms with Crippen LogP contribution in [-0.4, -0.2) is 11.9 Å². The summed E-state index contributed by atoms with van der Waals surface area (Å²) in [4.78, 5) is 15.7. The van der Waals surface area contributed by atoms with Gasteiger partial charge in [0.2, 0.25) is 0 Å². The second-order valence-corrected chi connectivity index (χ2v) is 6.59. The van der Waals surface area contributed by atoms with Crippen LogP contribution < -0.4 is 4.90 Å². The predicted octanol–water partition coefficient (Wildman–Crippen LogP) is 4.49. The number of carbonyl (C=O) groups is 1. The first kappa shape index (κ1) is 12.6. The first-order valence-corrected chi connectivity index (χ1v) is 7.96.